The van der Waals surface area contributed by atoms with Crippen LogP contribution >= 0.6 is 15.9 Å². The average molecular weight is 599 g/mol. The van der Waals surface area contributed by atoms with Gasteiger partial charge in [-0.25, -0.2) is 9.78 Å². The van der Waals surface area contributed by atoms with Crippen LogP contribution in [0.1, 0.15) is 15.9 Å². The minimum atomic E-state index is -0.547. The van der Waals surface area contributed by atoms with Crippen LogP contribution < -0.4 is 15.0 Å². The Morgan fingerprint density at radius 3 is 2.42 bits per heavy atom. The summed E-state index contributed by atoms with van der Waals surface area (Å²) in [7, 11) is 1.44. The van der Waals surface area contributed by atoms with Crippen molar-refractivity contribution in [3.8, 4) is 22.9 Å². The summed E-state index contributed by atoms with van der Waals surface area (Å²) in [5.41, 5.74) is 1.36. The average Bonchev–Trinajstić information content (AvgIpc) is 2.97. The van der Waals surface area contributed by atoms with Gasteiger partial charge in [-0.2, -0.15) is 9.78 Å². The third-order valence-corrected chi connectivity index (χ3v) is 6.41. The van der Waals surface area contributed by atoms with Crippen LogP contribution in [0.4, 0.5) is 5.69 Å². The van der Waals surface area contributed by atoms with E-state index in [0.717, 1.165) is 9.15 Å². The molecule has 0 aliphatic rings. The van der Waals surface area contributed by atoms with Crippen LogP contribution in [0.15, 0.2) is 105 Å². The van der Waals surface area contributed by atoms with Crippen molar-refractivity contribution >= 4 is 44.7 Å². The van der Waals surface area contributed by atoms with E-state index in [2.05, 4.69) is 26.0 Å². The van der Waals surface area contributed by atoms with Crippen molar-refractivity contribution in [2.45, 2.75) is 0 Å². The van der Waals surface area contributed by atoms with Gasteiger partial charge >= 0.3 is 5.97 Å². The van der Waals surface area contributed by atoms with Crippen LogP contribution in [0, 0.1) is 10.1 Å². The van der Waals surface area contributed by atoms with E-state index in [9.17, 15) is 19.7 Å². The number of non-ortho nitro benzene ring substituents is 1. The van der Waals surface area contributed by atoms with Crippen molar-refractivity contribution < 1.29 is 19.2 Å². The first-order valence-electron chi connectivity index (χ1n) is 11.8. The van der Waals surface area contributed by atoms with Crippen LogP contribution in [0.3, 0.4) is 0 Å². The molecule has 1 aromatic heterocycles. The van der Waals surface area contributed by atoms with Crippen LogP contribution in [0.25, 0.3) is 22.3 Å². The second-order valence-electron chi connectivity index (χ2n) is 8.42. The molecule has 0 N–H and O–H groups in total. The highest BCUT2D eigenvalue weighted by atomic mass is 79.9. The summed E-state index contributed by atoms with van der Waals surface area (Å²) in [6, 6.07) is 24.1. The number of carbonyl (C=O) groups is 1. The molecule has 10 nitrogen and oxygen atoms in total. The summed E-state index contributed by atoms with van der Waals surface area (Å²) < 4.78 is 12.9. The molecule has 4 aromatic carbocycles. The molecule has 0 bridgehead atoms. The lowest BCUT2D eigenvalue weighted by atomic mass is 10.1. The monoisotopic (exact) mass is 598 g/mol. The second kappa shape index (κ2) is 11.3. The third-order valence-electron chi connectivity index (χ3n) is 5.88. The summed E-state index contributed by atoms with van der Waals surface area (Å²) in [6.07, 6.45) is 1.44. The molecule has 198 valence electrons. The number of nitro groups is 1. The zero-order chi connectivity index (χ0) is 28.2. The molecule has 0 fully saturated rings. The van der Waals surface area contributed by atoms with Crippen LogP contribution in [0.2, 0.25) is 0 Å². The number of nitro benzene ring substituents is 1. The van der Waals surface area contributed by atoms with Gasteiger partial charge in [0.15, 0.2) is 17.3 Å². The van der Waals surface area contributed by atoms with E-state index in [1.165, 1.54) is 37.6 Å². The number of carbonyl (C=O) groups excluding carboxylic acids is 1. The van der Waals surface area contributed by atoms with Gasteiger partial charge in [-0.15, -0.1) is 0 Å². The maximum atomic E-state index is 13.4. The fourth-order valence-corrected chi connectivity index (χ4v) is 4.13. The number of methoxy groups -OCH3 is 1. The van der Waals surface area contributed by atoms with E-state index >= 15 is 0 Å². The smallest absolute Gasteiger partial charge is 0.343 e. The first kappa shape index (κ1) is 26.4. The number of halogens is 1. The predicted molar refractivity (Wildman–Crippen MR) is 153 cm³/mol. The van der Waals surface area contributed by atoms with Gasteiger partial charge in [0.25, 0.3) is 11.2 Å². The number of hydrogen-bond acceptors (Lipinski definition) is 8. The summed E-state index contributed by atoms with van der Waals surface area (Å²) in [6.45, 7) is 0. The Morgan fingerprint density at radius 2 is 1.73 bits per heavy atom. The fourth-order valence-electron chi connectivity index (χ4n) is 3.87. The lowest BCUT2D eigenvalue weighted by Crippen LogP contribution is -2.20. The number of aromatic nitrogens is 2. The Morgan fingerprint density at radius 1 is 1.00 bits per heavy atom. The van der Waals surface area contributed by atoms with Crippen molar-refractivity contribution in [3.05, 3.63) is 127 Å². The molecule has 5 rings (SSSR count). The van der Waals surface area contributed by atoms with Gasteiger partial charge in [0.1, 0.15) is 0 Å². The first-order chi connectivity index (χ1) is 19.3. The van der Waals surface area contributed by atoms with E-state index in [1.54, 1.807) is 66.7 Å². The van der Waals surface area contributed by atoms with Crippen molar-refractivity contribution in [1.82, 2.24) is 9.66 Å². The van der Waals surface area contributed by atoms with Gasteiger partial charge in [-0.1, -0.05) is 28.1 Å². The molecule has 0 amide bonds. The van der Waals surface area contributed by atoms with E-state index in [1.807, 2.05) is 0 Å². The number of fused-ring (bicyclic) bond motifs is 1. The number of rotatable bonds is 7. The summed E-state index contributed by atoms with van der Waals surface area (Å²) in [5.74, 6) is 0.160. The third kappa shape index (κ3) is 5.49. The Labute approximate surface area is 235 Å². The standard InChI is InChI=1S/C29H19BrN4O6/c1-39-26-16-18(6-15-25(26)40-29(36)20-7-11-21(30)12-8-20)17-31-33-27(19-9-13-22(14-10-19)34(37)38)32-24-5-3-2-4-23(24)28(33)35/h2-17H,1H3. The fraction of sp³-hybridized carbons (Fsp3) is 0.0345. The van der Waals surface area contributed by atoms with Crippen molar-refractivity contribution in [1.29, 1.82) is 0 Å². The number of nitrogens with zero attached hydrogens (tertiary/aromatic N) is 4. The summed E-state index contributed by atoms with van der Waals surface area (Å²) in [5, 5.41) is 15.9. The number of esters is 1. The molecule has 40 heavy (non-hydrogen) atoms. The highest BCUT2D eigenvalue weighted by Crippen LogP contribution is 2.29. The molecule has 0 saturated heterocycles. The Hall–Kier alpha value is -5.16. The molecule has 0 spiro atoms. The van der Waals surface area contributed by atoms with Gasteiger partial charge in [-0.05, 0) is 72.3 Å². The first-order valence-corrected chi connectivity index (χ1v) is 12.6. The van der Waals surface area contributed by atoms with Crippen LogP contribution in [-0.2, 0) is 0 Å². The summed E-state index contributed by atoms with van der Waals surface area (Å²) in [4.78, 5) is 41.1. The number of para-hydroxylation sites is 1. The lowest BCUT2D eigenvalue weighted by molar-refractivity contribution is -0.384. The minimum absolute atomic E-state index is 0.0880. The Balaban J connectivity index is 1.50. The SMILES string of the molecule is COc1cc(C=Nn2c(-c3ccc([N+](=O)[O-])cc3)nc3ccccc3c2=O)ccc1OC(=O)c1ccc(Br)cc1. The van der Waals surface area contributed by atoms with Crippen molar-refractivity contribution in [2.24, 2.45) is 5.10 Å². The Kier molecular flexibility index (Phi) is 7.47. The van der Waals surface area contributed by atoms with E-state index < -0.39 is 16.5 Å². The van der Waals surface area contributed by atoms with Crippen molar-refractivity contribution in [3.63, 3.8) is 0 Å². The molecule has 0 aliphatic heterocycles. The highest BCUT2D eigenvalue weighted by Gasteiger charge is 2.15. The van der Waals surface area contributed by atoms with E-state index in [4.69, 9.17) is 9.47 Å². The van der Waals surface area contributed by atoms with Crippen LogP contribution in [0.5, 0.6) is 11.5 Å². The second-order valence-corrected chi connectivity index (χ2v) is 9.34. The lowest BCUT2D eigenvalue weighted by Gasteiger charge is -2.11. The molecular formula is C29H19BrN4O6. The number of benzene rings is 4. The van der Waals surface area contributed by atoms with Crippen molar-refractivity contribution in [2.75, 3.05) is 7.11 Å². The molecule has 5 aromatic rings. The van der Waals surface area contributed by atoms with Gasteiger partial charge in [0.2, 0.25) is 0 Å². The largest absolute Gasteiger partial charge is 0.493 e. The van der Waals surface area contributed by atoms with Gasteiger partial charge in [0.05, 0.1) is 34.7 Å². The molecule has 0 saturated carbocycles. The molecule has 0 radical (unpaired) electrons. The van der Waals surface area contributed by atoms with Gasteiger partial charge in [0, 0.05) is 22.2 Å². The predicted octanol–water partition coefficient (Wildman–Crippen LogP) is 5.84. The van der Waals surface area contributed by atoms with E-state index in [0.29, 0.717) is 27.6 Å². The normalized spacial score (nSPS) is 11.1. The minimum Gasteiger partial charge on any atom is -0.493 e. The maximum absolute atomic E-state index is 13.4. The van der Waals surface area contributed by atoms with Crippen LogP contribution in [-0.4, -0.2) is 33.9 Å². The molecule has 1 heterocycles. The van der Waals surface area contributed by atoms with E-state index in [-0.39, 0.29) is 23.0 Å². The highest BCUT2D eigenvalue weighted by molar-refractivity contribution is 9.10. The topological polar surface area (TPSA) is 126 Å². The summed E-state index contributed by atoms with van der Waals surface area (Å²) >= 11 is 3.33. The quantitative estimate of drug-likeness (QED) is 0.0756. The molecule has 0 atom stereocenters. The molecule has 0 unspecified atom stereocenters. The Bertz CT molecular complexity index is 1830. The zero-order valence-corrected chi connectivity index (χ0v) is 22.4. The molecule has 0 aliphatic carbocycles. The van der Waals surface area contributed by atoms with Gasteiger partial charge in [-0.3, -0.25) is 14.9 Å². The number of ether oxygens (including phenoxy) is 2. The molecule has 11 heteroatoms. The number of hydrogen-bond donors (Lipinski definition) is 0. The molecular weight excluding hydrogens is 580 g/mol. The maximum Gasteiger partial charge on any atom is 0.343 e. The van der Waals surface area contributed by atoms with Gasteiger partial charge < -0.3 is 9.47 Å². The zero-order valence-electron chi connectivity index (χ0n) is 20.9.